The van der Waals surface area contributed by atoms with E-state index in [9.17, 15) is 14.7 Å². The van der Waals surface area contributed by atoms with Crippen molar-refractivity contribution in [2.24, 2.45) is 0 Å². The fourth-order valence-corrected chi connectivity index (χ4v) is 3.86. The number of hydrogen-bond donors (Lipinski definition) is 1. The van der Waals surface area contributed by atoms with E-state index in [0.717, 1.165) is 11.1 Å². The lowest BCUT2D eigenvalue weighted by Crippen LogP contribution is -2.49. The minimum Gasteiger partial charge on any atom is -0.481 e. The molecule has 1 fully saturated rings. The lowest BCUT2D eigenvalue weighted by Gasteiger charge is -2.39. The lowest BCUT2D eigenvalue weighted by atomic mass is 9.73. The minimum atomic E-state index is -0.920. The molecule has 2 aliphatic rings. The molecule has 0 aromatic heterocycles. The first-order valence-corrected chi connectivity index (χ1v) is 9.04. The molecule has 2 aromatic rings. The predicted octanol–water partition coefficient (Wildman–Crippen LogP) is 2.60. The lowest BCUT2D eigenvalue weighted by molar-refractivity contribution is -0.148. The van der Waals surface area contributed by atoms with Gasteiger partial charge in [-0.15, -0.1) is 0 Å². The maximum Gasteiger partial charge on any atom is 0.314 e. The number of carboxylic acids is 1. The molecule has 140 valence electrons. The number of amides is 1. The zero-order chi connectivity index (χ0) is 18.9. The molecule has 2 aromatic carbocycles. The predicted molar refractivity (Wildman–Crippen MR) is 97.8 cm³/mol. The molecule has 0 unspecified atom stereocenters. The maximum atomic E-state index is 12.7. The second-order valence-corrected chi connectivity index (χ2v) is 7.00. The zero-order valence-electron chi connectivity index (χ0n) is 14.9. The van der Waals surface area contributed by atoms with Gasteiger partial charge < -0.3 is 19.5 Å². The van der Waals surface area contributed by atoms with E-state index < -0.39 is 11.4 Å². The van der Waals surface area contributed by atoms with Gasteiger partial charge in [-0.25, -0.2) is 0 Å². The number of carboxylic acid groups (broad SMARTS) is 1. The number of likely N-dealkylation sites (tertiary alicyclic amines) is 1. The number of aliphatic carboxylic acids is 1. The third-order valence-electron chi connectivity index (χ3n) is 5.50. The molecule has 2 aliphatic heterocycles. The Morgan fingerprint density at radius 3 is 2.41 bits per heavy atom. The van der Waals surface area contributed by atoms with Crippen LogP contribution in [0.4, 0.5) is 0 Å². The van der Waals surface area contributed by atoms with Crippen LogP contribution in [0.1, 0.15) is 24.0 Å². The smallest absolute Gasteiger partial charge is 0.314 e. The van der Waals surface area contributed by atoms with Gasteiger partial charge in [0.05, 0.1) is 11.8 Å². The van der Waals surface area contributed by atoms with Gasteiger partial charge in [-0.3, -0.25) is 9.59 Å². The molecule has 0 bridgehead atoms. The number of nitrogens with zero attached hydrogens (tertiary/aromatic N) is 1. The van der Waals surface area contributed by atoms with E-state index in [4.69, 9.17) is 9.47 Å². The van der Waals surface area contributed by atoms with Crippen LogP contribution in [-0.2, 0) is 21.4 Å². The number of hydrogen-bond acceptors (Lipinski definition) is 4. The number of ether oxygens (including phenoxy) is 2. The topological polar surface area (TPSA) is 76.1 Å². The van der Waals surface area contributed by atoms with Crippen LogP contribution in [0, 0.1) is 0 Å². The van der Waals surface area contributed by atoms with Gasteiger partial charge in [-0.1, -0.05) is 36.4 Å². The van der Waals surface area contributed by atoms with Crippen LogP contribution in [0.5, 0.6) is 11.5 Å². The molecule has 0 saturated carbocycles. The van der Waals surface area contributed by atoms with E-state index in [1.165, 1.54) is 0 Å². The molecule has 6 heteroatoms. The van der Waals surface area contributed by atoms with Crippen molar-refractivity contribution in [2.45, 2.75) is 24.7 Å². The first-order valence-electron chi connectivity index (χ1n) is 9.04. The van der Waals surface area contributed by atoms with Crippen LogP contribution in [-0.4, -0.2) is 41.8 Å². The largest absolute Gasteiger partial charge is 0.481 e. The fourth-order valence-electron chi connectivity index (χ4n) is 3.86. The number of benzene rings is 2. The molecular weight excluding hydrogens is 346 g/mol. The van der Waals surface area contributed by atoms with Gasteiger partial charge in [-0.05, 0) is 36.1 Å². The molecule has 6 nitrogen and oxygen atoms in total. The summed E-state index contributed by atoms with van der Waals surface area (Å²) in [6, 6.07) is 14.8. The summed E-state index contributed by atoms with van der Waals surface area (Å²) < 4.78 is 10.6. The molecule has 1 saturated heterocycles. The quantitative estimate of drug-likeness (QED) is 0.899. The number of piperidine rings is 1. The highest BCUT2D eigenvalue weighted by Crippen LogP contribution is 2.36. The van der Waals surface area contributed by atoms with E-state index in [1.54, 1.807) is 4.90 Å². The van der Waals surface area contributed by atoms with Crippen molar-refractivity contribution < 1.29 is 24.2 Å². The van der Waals surface area contributed by atoms with Crippen molar-refractivity contribution >= 4 is 11.9 Å². The monoisotopic (exact) mass is 367 g/mol. The molecule has 1 N–H and O–H groups in total. The van der Waals surface area contributed by atoms with Crippen LogP contribution < -0.4 is 9.47 Å². The van der Waals surface area contributed by atoms with Crippen molar-refractivity contribution in [1.29, 1.82) is 0 Å². The van der Waals surface area contributed by atoms with Gasteiger partial charge in [0.15, 0.2) is 11.5 Å². The third-order valence-corrected chi connectivity index (χ3v) is 5.50. The van der Waals surface area contributed by atoms with Crippen LogP contribution in [0.3, 0.4) is 0 Å². The number of fused-ring (bicyclic) bond motifs is 1. The van der Waals surface area contributed by atoms with E-state index in [2.05, 4.69) is 0 Å². The van der Waals surface area contributed by atoms with Crippen molar-refractivity contribution in [3.8, 4) is 11.5 Å². The number of rotatable bonds is 4. The summed E-state index contributed by atoms with van der Waals surface area (Å²) in [6.07, 6.45) is 1.10. The highest BCUT2D eigenvalue weighted by molar-refractivity contribution is 5.83. The maximum absolute atomic E-state index is 12.7. The average molecular weight is 367 g/mol. The third kappa shape index (κ3) is 3.23. The summed E-state index contributed by atoms with van der Waals surface area (Å²) in [5.74, 6) is 0.531. The van der Waals surface area contributed by atoms with Gasteiger partial charge in [-0.2, -0.15) is 0 Å². The van der Waals surface area contributed by atoms with E-state index in [0.29, 0.717) is 37.4 Å². The molecule has 4 rings (SSSR count). The molecule has 0 radical (unpaired) electrons. The van der Waals surface area contributed by atoms with Crippen LogP contribution in [0.25, 0.3) is 0 Å². The van der Waals surface area contributed by atoms with Crippen molar-refractivity contribution in [2.75, 3.05) is 19.9 Å². The first kappa shape index (κ1) is 17.4. The van der Waals surface area contributed by atoms with E-state index in [-0.39, 0.29) is 19.1 Å². The summed E-state index contributed by atoms with van der Waals surface area (Å²) in [4.78, 5) is 26.5. The van der Waals surface area contributed by atoms with Crippen molar-refractivity contribution in [3.05, 3.63) is 59.7 Å². The molecule has 0 atom stereocenters. The Labute approximate surface area is 157 Å². The Hall–Kier alpha value is -3.02. The summed E-state index contributed by atoms with van der Waals surface area (Å²) in [6.45, 7) is 1.07. The van der Waals surface area contributed by atoms with Crippen LogP contribution in [0.2, 0.25) is 0 Å². The Kier molecular flexibility index (Phi) is 4.48. The van der Waals surface area contributed by atoms with Gasteiger partial charge in [0.25, 0.3) is 0 Å². The minimum absolute atomic E-state index is 0.000848. The van der Waals surface area contributed by atoms with Gasteiger partial charge in [0.2, 0.25) is 12.7 Å². The van der Waals surface area contributed by atoms with Gasteiger partial charge in [0.1, 0.15) is 0 Å². The highest BCUT2D eigenvalue weighted by Gasteiger charge is 2.43. The van der Waals surface area contributed by atoms with Crippen molar-refractivity contribution in [3.63, 3.8) is 0 Å². The molecule has 27 heavy (non-hydrogen) atoms. The molecule has 2 heterocycles. The fraction of sp³-hybridized carbons (Fsp3) is 0.333. The van der Waals surface area contributed by atoms with Gasteiger partial charge in [0, 0.05) is 13.1 Å². The van der Waals surface area contributed by atoms with Crippen molar-refractivity contribution in [1.82, 2.24) is 4.90 Å². The number of carbonyl (C=O) groups excluding carboxylic acids is 1. The first-order chi connectivity index (χ1) is 13.1. The molecule has 0 spiro atoms. The second-order valence-electron chi connectivity index (χ2n) is 7.00. The summed E-state index contributed by atoms with van der Waals surface area (Å²) in [5, 5.41) is 9.86. The summed E-state index contributed by atoms with van der Waals surface area (Å²) in [7, 11) is 0. The normalized spacial score (nSPS) is 17.6. The molecule has 0 aliphatic carbocycles. The number of carbonyl (C=O) groups is 2. The second kappa shape index (κ2) is 6.95. The molecule has 1 amide bonds. The Morgan fingerprint density at radius 2 is 1.70 bits per heavy atom. The Bertz CT molecular complexity index is 856. The summed E-state index contributed by atoms with van der Waals surface area (Å²) in [5.41, 5.74) is 0.749. The Morgan fingerprint density at radius 1 is 1.00 bits per heavy atom. The SMILES string of the molecule is O=C(Cc1ccc2c(c1)OCO2)N1CCC(C(=O)O)(c2ccccc2)CC1. The summed E-state index contributed by atoms with van der Waals surface area (Å²) >= 11 is 0. The highest BCUT2D eigenvalue weighted by atomic mass is 16.7. The van der Waals surface area contributed by atoms with E-state index >= 15 is 0 Å². The standard InChI is InChI=1S/C21H21NO5/c23-19(13-15-6-7-17-18(12-15)27-14-26-17)22-10-8-21(9-11-22,20(24)25)16-4-2-1-3-5-16/h1-7,12H,8-11,13-14H2,(H,24,25). The molecular formula is C21H21NO5. The van der Waals surface area contributed by atoms with Gasteiger partial charge >= 0.3 is 5.97 Å². The Balaban J connectivity index is 1.44. The van der Waals surface area contributed by atoms with Crippen LogP contribution in [0.15, 0.2) is 48.5 Å². The average Bonchev–Trinajstić information content (AvgIpc) is 3.16. The zero-order valence-corrected chi connectivity index (χ0v) is 14.9. The van der Waals surface area contributed by atoms with Crippen LogP contribution >= 0.6 is 0 Å². The van der Waals surface area contributed by atoms with E-state index in [1.807, 2.05) is 48.5 Å².